The molecule has 152 valence electrons. The third-order valence-electron chi connectivity index (χ3n) is 5.74. The summed E-state index contributed by atoms with van der Waals surface area (Å²) in [6.07, 6.45) is 4.12. The van der Waals surface area contributed by atoms with E-state index in [0.717, 1.165) is 37.9 Å². The molecule has 2 amide bonds. The van der Waals surface area contributed by atoms with Gasteiger partial charge in [-0.05, 0) is 55.0 Å². The van der Waals surface area contributed by atoms with Crippen molar-refractivity contribution in [1.82, 2.24) is 9.80 Å². The average Bonchev–Trinajstić information content (AvgIpc) is 2.74. The van der Waals surface area contributed by atoms with E-state index in [4.69, 9.17) is 11.6 Å². The van der Waals surface area contributed by atoms with Crippen LogP contribution in [0.1, 0.15) is 36.4 Å². The van der Waals surface area contributed by atoms with E-state index in [9.17, 15) is 9.59 Å². The monoisotopic (exact) mass is 411 g/mol. The lowest BCUT2D eigenvalue weighted by Crippen LogP contribution is -2.49. The topological polar surface area (TPSA) is 52.7 Å². The molecule has 6 heteroatoms. The number of hydrogen-bond acceptors (Lipinski definition) is 3. The third-order valence-corrected chi connectivity index (χ3v) is 5.98. The Kier molecular flexibility index (Phi) is 6.16. The van der Waals surface area contributed by atoms with Crippen LogP contribution in [0.25, 0.3) is 0 Å². The first kappa shape index (κ1) is 19.9. The zero-order valence-electron chi connectivity index (χ0n) is 16.4. The van der Waals surface area contributed by atoms with Crippen molar-refractivity contribution in [1.29, 1.82) is 0 Å². The number of nitrogens with zero attached hydrogens (tertiary/aromatic N) is 2. The lowest BCUT2D eigenvalue weighted by Gasteiger charge is -2.39. The second-order valence-electron chi connectivity index (χ2n) is 7.77. The molecule has 0 aromatic heterocycles. The molecule has 0 saturated carbocycles. The van der Waals surface area contributed by atoms with Gasteiger partial charge >= 0.3 is 0 Å². The van der Waals surface area contributed by atoms with Crippen molar-refractivity contribution >= 4 is 29.1 Å². The maximum absolute atomic E-state index is 13.4. The predicted octanol–water partition coefficient (Wildman–Crippen LogP) is 3.89. The van der Waals surface area contributed by atoms with Crippen LogP contribution in [0.15, 0.2) is 48.5 Å². The van der Waals surface area contributed by atoms with Crippen LogP contribution < -0.4 is 5.32 Å². The summed E-state index contributed by atoms with van der Waals surface area (Å²) in [4.78, 5) is 30.2. The van der Waals surface area contributed by atoms with Crippen molar-refractivity contribution in [3.05, 3.63) is 64.7 Å². The molecule has 2 aromatic rings. The minimum Gasteiger partial charge on any atom is -0.341 e. The van der Waals surface area contributed by atoms with E-state index in [2.05, 4.69) is 11.4 Å². The number of hydrogen-bond donors (Lipinski definition) is 1. The third kappa shape index (κ3) is 4.62. The SMILES string of the molecule is O=C(CN1CCc2ccccc2[C@@H]1C(=O)N1CCCCC1)Nc1cccc(Cl)c1. The van der Waals surface area contributed by atoms with Gasteiger partial charge in [0.05, 0.1) is 6.54 Å². The Hall–Kier alpha value is -2.37. The predicted molar refractivity (Wildman–Crippen MR) is 115 cm³/mol. The Morgan fingerprint density at radius 2 is 1.79 bits per heavy atom. The molecule has 5 nitrogen and oxygen atoms in total. The largest absolute Gasteiger partial charge is 0.341 e. The smallest absolute Gasteiger partial charge is 0.244 e. The van der Waals surface area contributed by atoms with Crippen LogP contribution in [0.5, 0.6) is 0 Å². The second kappa shape index (κ2) is 8.97. The minimum absolute atomic E-state index is 0.118. The minimum atomic E-state index is -0.400. The van der Waals surface area contributed by atoms with Gasteiger partial charge < -0.3 is 10.2 Å². The first-order chi connectivity index (χ1) is 14.1. The van der Waals surface area contributed by atoms with Gasteiger partial charge in [0, 0.05) is 30.3 Å². The number of likely N-dealkylation sites (tertiary alicyclic amines) is 1. The molecule has 1 N–H and O–H groups in total. The highest BCUT2D eigenvalue weighted by molar-refractivity contribution is 6.30. The van der Waals surface area contributed by atoms with E-state index in [0.29, 0.717) is 17.3 Å². The lowest BCUT2D eigenvalue weighted by molar-refractivity contribution is -0.139. The second-order valence-corrected chi connectivity index (χ2v) is 8.20. The van der Waals surface area contributed by atoms with Crippen molar-refractivity contribution in [3.63, 3.8) is 0 Å². The number of carbonyl (C=O) groups is 2. The van der Waals surface area contributed by atoms with E-state index < -0.39 is 6.04 Å². The fourth-order valence-electron chi connectivity index (χ4n) is 4.32. The highest BCUT2D eigenvalue weighted by Crippen LogP contribution is 2.32. The molecule has 2 aliphatic rings. The van der Waals surface area contributed by atoms with Crippen LogP contribution in [-0.2, 0) is 16.0 Å². The van der Waals surface area contributed by atoms with Gasteiger partial charge in [-0.3, -0.25) is 14.5 Å². The van der Waals surface area contributed by atoms with Gasteiger partial charge in [-0.2, -0.15) is 0 Å². The van der Waals surface area contributed by atoms with Crippen molar-refractivity contribution in [2.45, 2.75) is 31.7 Å². The Labute approximate surface area is 176 Å². The average molecular weight is 412 g/mol. The van der Waals surface area contributed by atoms with Crippen molar-refractivity contribution in [2.24, 2.45) is 0 Å². The summed E-state index contributed by atoms with van der Waals surface area (Å²) in [7, 11) is 0. The fourth-order valence-corrected chi connectivity index (χ4v) is 4.51. The Morgan fingerprint density at radius 1 is 1.00 bits per heavy atom. The summed E-state index contributed by atoms with van der Waals surface area (Å²) in [5.41, 5.74) is 2.90. The Bertz CT molecular complexity index is 895. The van der Waals surface area contributed by atoms with E-state index in [1.807, 2.05) is 34.1 Å². The van der Waals surface area contributed by atoms with Crippen LogP contribution in [0, 0.1) is 0 Å². The lowest BCUT2D eigenvalue weighted by atomic mass is 9.91. The number of rotatable bonds is 4. The number of amides is 2. The highest BCUT2D eigenvalue weighted by Gasteiger charge is 2.36. The molecule has 0 bridgehead atoms. The number of carbonyl (C=O) groups excluding carboxylic acids is 2. The van der Waals surface area contributed by atoms with Gasteiger partial charge in [-0.25, -0.2) is 0 Å². The molecular weight excluding hydrogens is 386 g/mol. The normalized spacial score (nSPS) is 19.5. The van der Waals surface area contributed by atoms with Crippen LogP contribution in [0.4, 0.5) is 5.69 Å². The summed E-state index contributed by atoms with van der Waals surface area (Å²) in [5.74, 6) is -0.0181. The van der Waals surface area contributed by atoms with Crippen LogP contribution in [-0.4, -0.2) is 47.8 Å². The quantitative estimate of drug-likeness (QED) is 0.830. The number of fused-ring (bicyclic) bond motifs is 1. The highest BCUT2D eigenvalue weighted by atomic mass is 35.5. The first-order valence-corrected chi connectivity index (χ1v) is 10.7. The molecule has 29 heavy (non-hydrogen) atoms. The van der Waals surface area contributed by atoms with Gasteiger partial charge in [-0.1, -0.05) is 41.9 Å². The first-order valence-electron chi connectivity index (χ1n) is 10.3. The molecule has 1 fully saturated rings. The van der Waals surface area contributed by atoms with Crippen LogP contribution in [0.2, 0.25) is 5.02 Å². The molecular formula is C23H26ClN3O2. The number of benzene rings is 2. The van der Waals surface area contributed by atoms with E-state index >= 15 is 0 Å². The molecule has 2 heterocycles. The number of halogens is 1. The maximum atomic E-state index is 13.4. The zero-order chi connectivity index (χ0) is 20.2. The summed E-state index contributed by atoms with van der Waals surface area (Å²) in [5, 5.41) is 3.48. The molecule has 0 spiro atoms. The maximum Gasteiger partial charge on any atom is 0.244 e. The molecule has 2 aromatic carbocycles. The summed E-state index contributed by atoms with van der Waals surface area (Å²) in [6.45, 7) is 2.47. The molecule has 0 radical (unpaired) electrons. The van der Waals surface area contributed by atoms with Gasteiger partial charge in [-0.15, -0.1) is 0 Å². The number of piperidine rings is 1. The summed E-state index contributed by atoms with van der Waals surface area (Å²) >= 11 is 6.02. The van der Waals surface area contributed by atoms with Crippen LogP contribution in [0.3, 0.4) is 0 Å². The van der Waals surface area contributed by atoms with E-state index in [1.165, 1.54) is 12.0 Å². The zero-order valence-corrected chi connectivity index (χ0v) is 17.2. The molecule has 2 aliphatic heterocycles. The van der Waals surface area contributed by atoms with E-state index in [-0.39, 0.29) is 18.4 Å². The van der Waals surface area contributed by atoms with Crippen molar-refractivity contribution in [3.8, 4) is 0 Å². The Morgan fingerprint density at radius 3 is 2.59 bits per heavy atom. The van der Waals surface area contributed by atoms with Gasteiger partial charge in [0.2, 0.25) is 11.8 Å². The molecule has 1 saturated heterocycles. The number of nitrogens with one attached hydrogen (secondary N) is 1. The van der Waals surface area contributed by atoms with Gasteiger partial charge in [0.1, 0.15) is 6.04 Å². The standard InChI is InChI=1S/C23H26ClN3O2/c24-18-8-6-9-19(15-18)25-21(28)16-27-14-11-17-7-2-3-10-20(17)22(27)23(29)26-12-4-1-5-13-26/h2-3,6-10,15,22H,1,4-5,11-14,16H2,(H,25,28)/t22-/m1/s1. The van der Waals surface area contributed by atoms with Gasteiger partial charge in [0.25, 0.3) is 0 Å². The van der Waals surface area contributed by atoms with Crippen molar-refractivity contribution < 1.29 is 9.59 Å². The molecule has 0 unspecified atom stereocenters. The van der Waals surface area contributed by atoms with Gasteiger partial charge in [0.15, 0.2) is 0 Å². The Balaban J connectivity index is 1.54. The number of anilines is 1. The molecule has 4 rings (SSSR count). The fraction of sp³-hybridized carbons (Fsp3) is 0.391. The molecule has 1 atom stereocenters. The van der Waals surface area contributed by atoms with Crippen molar-refractivity contribution in [2.75, 3.05) is 31.5 Å². The molecule has 0 aliphatic carbocycles. The van der Waals surface area contributed by atoms with E-state index in [1.54, 1.807) is 18.2 Å². The summed E-state index contributed by atoms with van der Waals surface area (Å²) in [6, 6.07) is 14.8. The summed E-state index contributed by atoms with van der Waals surface area (Å²) < 4.78 is 0. The van der Waals surface area contributed by atoms with Crippen LogP contribution >= 0.6 is 11.6 Å².